The monoisotopic (exact) mass is 339 g/mol. The van der Waals surface area contributed by atoms with Crippen LogP contribution in [0.15, 0.2) is 22.8 Å². The van der Waals surface area contributed by atoms with E-state index >= 15 is 0 Å². The summed E-state index contributed by atoms with van der Waals surface area (Å²) < 4.78 is 6.30. The van der Waals surface area contributed by atoms with Crippen LogP contribution >= 0.6 is 15.9 Å². The fourth-order valence-corrected chi connectivity index (χ4v) is 3.07. The molecule has 0 aliphatic carbocycles. The molecule has 2 fully saturated rings. The Bertz CT molecular complexity index is 474. The molecule has 3 heterocycles. The first-order chi connectivity index (χ1) is 9.74. The number of ether oxygens (including phenoxy) is 1. The van der Waals surface area contributed by atoms with Gasteiger partial charge >= 0.3 is 0 Å². The van der Waals surface area contributed by atoms with E-state index in [2.05, 4.69) is 26.2 Å². The highest BCUT2D eigenvalue weighted by atomic mass is 79.9. The van der Waals surface area contributed by atoms with E-state index in [-0.39, 0.29) is 11.9 Å². The molecule has 1 aromatic heterocycles. The molecule has 1 amide bonds. The molecular weight excluding hydrogens is 322 g/mol. The Morgan fingerprint density at radius 3 is 2.80 bits per heavy atom. The van der Waals surface area contributed by atoms with Gasteiger partial charge in [0.15, 0.2) is 0 Å². The second kappa shape index (κ2) is 6.10. The van der Waals surface area contributed by atoms with Gasteiger partial charge in [0.2, 0.25) is 5.91 Å². The van der Waals surface area contributed by atoms with Crippen LogP contribution in [0, 0.1) is 0 Å². The Hall–Kier alpha value is -1.14. The fraction of sp³-hybridized carbons (Fsp3) is 0.571. The Morgan fingerprint density at radius 1 is 1.30 bits per heavy atom. The Morgan fingerprint density at radius 2 is 2.10 bits per heavy atom. The molecule has 0 spiro atoms. The van der Waals surface area contributed by atoms with Crippen molar-refractivity contribution in [3.63, 3.8) is 0 Å². The molecule has 6 heteroatoms. The highest BCUT2D eigenvalue weighted by Gasteiger charge is 2.36. The van der Waals surface area contributed by atoms with Gasteiger partial charge < -0.3 is 15.0 Å². The molecule has 0 aromatic carbocycles. The van der Waals surface area contributed by atoms with Crippen LogP contribution in [0.5, 0.6) is 0 Å². The van der Waals surface area contributed by atoms with Gasteiger partial charge in [-0.1, -0.05) is 0 Å². The smallest absolute Gasteiger partial charge is 0.245 e. The van der Waals surface area contributed by atoms with Crippen LogP contribution in [-0.4, -0.2) is 47.6 Å². The lowest BCUT2D eigenvalue weighted by Crippen LogP contribution is -2.43. The highest BCUT2D eigenvalue weighted by molar-refractivity contribution is 9.10. The largest absolute Gasteiger partial charge is 0.381 e. The number of likely N-dealkylation sites (tertiary alicyclic amines) is 1. The first kappa shape index (κ1) is 13.8. The summed E-state index contributed by atoms with van der Waals surface area (Å²) in [5.74, 6) is 0.946. The van der Waals surface area contributed by atoms with Crippen molar-refractivity contribution in [1.29, 1.82) is 0 Å². The predicted octanol–water partition coefficient (Wildman–Crippen LogP) is 2.04. The van der Waals surface area contributed by atoms with Crippen LogP contribution in [0.1, 0.15) is 19.3 Å². The van der Waals surface area contributed by atoms with Gasteiger partial charge in [0.05, 0.1) is 0 Å². The molecular formula is C14H18BrN3O2. The Kier molecular flexibility index (Phi) is 4.21. The lowest BCUT2D eigenvalue weighted by Gasteiger charge is -2.31. The Labute approximate surface area is 126 Å². The van der Waals surface area contributed by atoms with Crippen molar-refractivity contribution in [2.75, 3.05) is 25.1 Å². The molecule has 0 saturated carbocycles. The molecule has 2 aliphatic heterocycles. The number of nitrogens with one attached hydrogen (secondary N) is 1. The number of aromatic nitrogens is 1. The third kappa shape index (κ3) is 2.96. The zero-order chi connectivity index (χ0) is 13.9. The summed E-state index contributed by atoms with van der Waals surface area (Å²) >= 11 is 3.35. The Balaban J connectivity index is 1.61. The molecule has 1 N–H and O–H groups in total. The van der Waals surface area contributed by atoms with E-state index in [1.807, 2.05) is 17.0 Å². The fourth-order valence-electron chi connectivity index (χ4n) is 2.83. The van der Waals surface area contributed by atoms with Crippen molar-refractivity contribution in [3.05, 3.63) is 22.8 Å². The summed E-state index contributed by atoms with van der Waals surface area (Å²) in [6, 6.07) is 4.01. The molecule has 2 aliphatic rings. The van der Waals surface area contributed by atoms with E-state index in [0.717, 1.165) is 49.3 Å². The maximum atomic E-state index is 12.5. The van der Waals surface area contributed by atoms with E-state index in [1.54, 1.807) is 6.20 Å². The number of rotatable bonds is 3. The number of amides is 1. The van der Waals surface area contributed by atoms with Gasteiger partial charge in [-0.3, -0.25) is 4.79 Å². The maximum Gasteiger partial charge on any atom is 0.245 e. The molecule has 3 rings (SSSR count). The van der Waals surface area contributed by atoms with Gasteiger partial charge in [0.1, 0.15) is 11.9 Å². The summed E-state index contributed by atoms with van der Waals surface area (Å²) in [5, 5.41) is 3.23. The number of hydrogen-bond donors (Lipinski definition) is 1. The van der Waals surface area contributed by atoms with Gasteiger partial charge in [-0.15, -0.1) is 0 Å². The number of pyridine rings is 1. The number of anilines is 1. The van der Waals surface area contributed by atoms with Crippen molar-refractivity contribution >= 4 is 27.7 Å². The minimum Gasteiger partial charge on any atom is -0.381 e. The summed E-state index contributed by atoms with van der Waals surface area (Å²) in [6.07, 6.45) is 4.48. The minimum absolute atomic E-state index is 0.147. The van der Waals surface area contributed by atoms with Crippen molar-refractivity contribution < 1.29 is 9.53 Å². The third-order valence-electron chi connectivity index (χ3n) is 3.92. The summed E-state index contributed by atoms with van der Waals surface area (Å²) in [7, 11) is 0. The lowest BCUT2D eigenvalue weighted by atomic mass is 10.1. The number of halogens is 1. The van der Waals surface area contributed by atoms with Crippen LogP contribution < -0.4 is 5.32 Å². The molecule has 108 valence electrons. The average Bonchev–Trinajstić information content (AvgIpc) is 2.84. The second-order valence-corrected chi connectivity index (χ2v) is 6.14. The van der Waals surface area contributed by atoms with E-state index in [0.29, 0.717) is 6.04 Å². The van der Waals surface area contributed by atoms with Crippen LogP contribution in [0.2, 0.25) is 0 Å². The van der Waals surface area contributed by atoms with Crippen molar-refractivity contribution in [2.45, 2.75) is 31.3 Å². The van der Waals surface area contributed by atoms with E-state index < -0.39 is 0 Å². The summed E-state index contributed by atoms with van der Waals surface area (Å²) in [5.41, 5.74) is 0. The zero-order valence-electron chi connectivity index (χ0n) is 11.2. The van der Waals surface area contributed by atoms with Gasteiger partial charge in [0, 0.05) is 36.5 Å². The topological polar surface area (TPSA) is 54.5 Å². The predicted molar refractivity (Wildman–Crippen MR) is 79.5 cm³/mol. The summed E-state index contributed by atoms with van der Waals surface area (Å²) in [4.78, 5) is 18.7. The van der Waals surface area contributed by atoms with Gasteiger partial charge in [0.25, 0.3) is 0 Å². The molecule has 0 radical (unpaired) electrons. The van der Waals surface area contributed by atoms with Crippen LogP contribution in [0.4, 0.5) is 5.82 Å². The van der Waals surface area contributed by atoms with Crippen LogP contribution in [-0.2, 0) is 9.53 Å². The quantitative estimate of drug-likeness (QED) is 0.915. The van der Waals surface area contributed by atoms with Crippen LogP contribution in [0.3, 0.4) is 0 Å². The highest BCUT2D eigenvalue weighted by Crippen LogP contribution is 2.23. The van der Waals surface area contributed by atoms with Crippen molar-refractivity contribution in [1.82, 2.24) is 9.88 Å². The van der Waals surface area contributed by atoms with E-state index in [9.17, 15) is 4.79 Å². The molecule has 1 atom stereocenters. The van der Waals surface area contributed by atoms with Crippen molar-refractivity contribution in [2.24, 2.45) is 0 Å². The normalized spacial score (nSPS) is 24.1. The number of hydrogen-bond acceptors (Lipinski definition) is 4. The molecule has 2 saturated heterocycles. The number of carbonyl (C=O) groups is 1. The zero-order valence-corrected chi connectivity index (χ0v) is 12.8. The average molecular weight is 340 g/mol. The van der Waals surface area contributed by atoms with Crippen molar-refractivity contribution in [3.8, 4) is 0 Å². The molecule has 1 aromatic rings. The standard InChI is InChI=1S/C14H18BrN3O2/c15-10-1-2-13(16-9-10)17-12-3-6-18(14(12)19)11-4-7-20-8-5-11/h1-2,9,11-12H,3-8H2,(H,16,17). The first-order valence-electron chi connectivity index (χ1n) is 7.00. The first-order valence-corrected chi connectivity index (χ1v) is 7.79. The third-order valence-corrected chi connectivity index (χ3v) is 4.39. The van der Waals surface area contributed by atoms with Gasteiger partial charge in [-0.2, -0.15) is 0 Å². The number of nitrogens with zero attached hydrogens (tertiary/aromatic N) is 2. The SMILES string of the molecule is O=C1C(Nc2ccc(Br)cn2)CCN1C1CCOCC1. The minimum atomic E-state index is -0.147. The van der Waals surface area contributed by atoms with Crippen LogP contribution in [0.25, 0.3) is 0 Å². The second-order valence-electron chi connectivity index (χ2n) is 5.22. The lowest BCUT2D eigenvalue weighted by molar-refractivity contribution is -0.131. The maximum absolute atomic E-state index is 12.5. The van der Waals surface area contributed by atoms with Gasteiger partial charge in [-0.25, -0.2) is 4.98 Å². The van der Waals surface area contributed by atoms with E-state index in [1.165, 1.54) is 0 Å². The number of carbonyl (C=O) groups excluding carboxylic acids is 1. The molecule has 1 unspecified atom stereocenters. The van der Waals surface area contributed by atoms with Gasteiger partial charge in [-0.05, 0) is 47.3 Å². The molecule has 5 nitrogen and oxygen atoms in total. The summed E-state index contributed by atoms with van der Waals surface area (Å²) in [6.45, 7) is 2.36. The molecule has 0 bridgehead atoms. The molecule has 20 heavy (non-hydrogen) atoms. The van der Waals surface area contributed by atoms with E-state index in [4.69, 9.17) is 4.74 Å².